The molecule has 1 N–H and O–H groups in total. The summed E-state index contributed by atoms with van der Waals surface area (Å²) in [5, 5.41) is 3.10. The van der Waals surface area contributed by atoms with E-state index in [0.717, 1.165) is 18.6 Å². The summed E-state index contributed by atoms with van der Waals surface area (Å²) in [6, 6.07) is 10.5. The molecule has 0 saturated carbocycles. The third-order valence-corrected chi connectivity index (χ3v) is 5.17. The van der Waals surface area contributed by atoms with Crippen molar-refractivity contribution >= 4 is 17.1 Å². The molecular weight excluding hydrogens is 432 g/mol. The first-order valence-electron chi connectivity index (χ1n) is 10.3. The van der Waals surface area contributed by atoms with Crippen molar-refractivity contribution in [2.24, 2.45) is 0 Å². The molecule has 0 unspecified atom stereocenters. The number of aromatic nitrogens is 4. The van der Waals surface area contributed by atoms with E-state index < -0.39 is 17.3 Å². The molecule has 172 valence electrons. The van der Waals surface area contributed by atoms with Gasteiger partial charge in [0.1, 0.15) is 22.9 Å². The monoisotopic (exact) mass is 455 g/mol. The third-order valence-electron chi connectivity index (χ3n) is 5.17. The molecule has 2 aromatic heterocycles. The van der Waals surface area contributed by atoms with Gasteiger partial charge in [-0.2, -0.15) is 4.98 Å². The second-order valence-electron chi connectivity index (χ2n) is 7.28. The zero-order valence-corrected chi connectivity index (χ0v) is 18.2. The highest BCUT2D eigenvalue weighted by molar-refractivity contribution is 5.74. The van der Waals surface area contributed by atoms with Crippen LogP contribution in [0.3, 0.4) is 0 Å². The molecule has 0 atom stereocenters. The molecule has 0 aliphatic rings. The molecule has 0 aliphatic carbocycles. The molecule has 33 heavy (non-hydrogen) atoms. The van der Waals surface area contributed by atoms with Gasteiger partial charge >= 0.3 is 5.69 Å². The van der Waals surface area contributed by atoms with Crippen LogP contribution in [0.15, 0.2) is 53.5 Å². The Labute approximate surface area is 188 Å². The highest BCUT2D eigenvalue weighted by Gasteiger charge is 2.20. The van der Waals surface area contributed by atoms with Crippen LogP contribution in [0.25, 0.3) is 16.9 Å². The van der Waals surface area contributed by atoms with Crippen LogP contribution >= 0.6 is 0 Å². The zero-order chi connectivity index (χ0) is 23.4. The molecule has 0 fully saturated rings. The van der Waals surface area contributed by atoms with Crippen LogP contribution < -0.4 is 15.7 Å². The van der Waals surface area contributed by atoms with Gasteiger partial charge in [-0.1, -0.05) is 12.1 Å². The molecule has 8 nitrogen and oxygen atoms in total. The maximum absolute atomic E-state index is 14.3. The number of benzene rings is 2. The van der Waals surface area contributed by atoms with Crippen LogP contribution in [0, 0.1) is 11.6 Å². The van der Waals surface area contributed by atoms with Gasteiger partial charge in [-0.3, -0.25) is 4.57 Å². The van der Waals surface area contributed by atoms with Crippen molar-refractivity contribution in [3.63, 3.8) is 0 Å². The van der Waals surface area contributed by atoms with Crippen LogP contribution in [0.2, 0.25) is 0 Å². The largest absolute Gasteiger partial charge is 0.497 e. The van der Waals surface area contributed by atoms with Crippen molar-refractivity contribution in [1.29, 1.82) is 0 Å². The average molecular weight is 455 g/mol. The van der Waals surface area contributed by atoms with Crippen LogP contribution in [0.1, 0.15) is 12.0 Å². The Morgan fingerprint density at radius 2 is 1.85 bits per heavy atom. The lowest BCUT2D eigenvalue weighted by molar-refractivity contribution is 0.197. The van der Waals surface area contributed by atoms with Crippen LogP contribution in [0.5, 0.6) is 5.75 Å². The number of hydrogen-bond acceptors (Lipinski definition) is 6. The van der Waals surface area contributed by atoms with E-state index in [9.17, 15) is 13.6 Å². The summed E-state index contributed by atoms with van der Waals surface area (Å²) in [6.45, 7) is 0.840. The quantitative estimate of drug-likeness (QED) is 0.390. The smallest absolute Gasteiger partial charge is 0.335 e. The highest BCUT2D eigenvalue weighted by atomic mass is 19.1. The second kappa shape index (κ2) is 9.78. The number of nitrogens with zero attached hydrogens (tertiary/aromatic N) is 4. The number of hydrogen-bond donors (Lipinski definition) is 1. The van der Waals surface area contributed by atoms with E-state index in [-0.39, 0.29) is 12.1 Å². The number of nitrogens with one attached hydrogen (secondary N) is 1. The SMILES string of the molecule is COCCCNc1ncc2c(n1)n(-c1cccc(OC)c1)c(=O)n2Cc1c(F)cccc1F. The van der Waals surface area contributed by atoms with Gasteiger partial charge in [0.25, 0.3) is 0 Å². The molecule has 4 aromatic rings. The molecular formula is C23H23F2N5O3. The Kier molecular flexibility index (Phi) is 6.64. The van der Waals surface area contributed by atoms with Crippen molar-refractivity contribution in [2.75, 3.05) is 32.7 Å². The summed E-state index contributed by atoms with van der Waals surface area (Å²) in [4.78, 5) is 22.3. The molecule has 10 heteroatoms. The fourth-order valence-corrected chi connectivity index (χ4v) is 3.51. The molecule has 0 spiro atoms. The molecule has 0 radical (unpaired) electrons. The summed E-state index contributed by atoms with van der Waals surface area (Å²) in [6.07, 6.45) is 2.21. The number of anilines is 1. The summed E-state index contributed by atoms with van der Waals surface area (Å²) in [5.41, 5.74) is 0.418. The van der Waals surface area contributed by atoms with Gasteiger partial charge < -0.3 is 14.8 Å². The normalized spacial score (nSPS) is 11.2. The topological polar surface area (TPSA) is 83.2 Å². The molecule has 0 aliphatic heterocycles. The number of ether oxygens (including phenoxy) is 2. The Bertz CT molecular complexity index is 1320. The highest BCUT2D eigenvalue weighted by Crippen LogP contribution is 2.22. The minimum Gasteiger partial charge on any atom is -0.497 e. The van der Waals surface area contributed by atoms with Crippen molar-refractivity contribution in [2.45, 2.75) is 13.0 Å². The molecule has 0 amide bonds. The maximum Gasteiger partial charge on any atom is 0.335 e. The lowest BCUT2D eigenvalue weighted by atomic mass is 10.2. The first kappa shape index (κ1) is 22.4. The summed E-state index contributed by atoms with van der Waals surface area (Å²) in [7, 11) is 3.15. The summed E-state index contributed by atoms with van der Waals surface area (Å²) >= 11 is 0. The van der Waals surface area contributed by atoms with Crippen LogP contribution in [0.4, 0.5) is 14.7 Å². The predicted octanol–water partition coefficient (Wildman–Crippen LogP) is 3.37. The van der Waals surface area contributed by atoms with Gasteiger partial charge in [0.05, 0.1) is 25.5 Å². The number of halogens is 2. The standard InChI is InChI=1S/C23H23F2N5O3/c1-32-11-5-10-26-22-27-13-20-21(28-22)30(15-6-3-7-16(12-15)33-2)23(31)29(20)14-17-18(24)8-4-9-19(17)25/h3-4,6-9,12-13H,5,10-11,14H2,1-2H3,(H,26,27,28). The second-order valence-corrected chi connectivity index (χ2v) is 7.28. The van der Waals surface area contributed by atoms with Crippen molar-refractivity contribution in [1.82, 2.24) is 19.1 Å². The van der Waals surface area contributed by atoms with Gasteiger partial charge in [-0.25, -0.2) is 23.1 Å². The lowest BCUT2D eigenvalue weighted by Crippen LogP contribution is -2.24. The third kappa shape index (κ3) is 4.56. The van der Waals surface area contributed by atoms with E-state index in [2.05, 4.69) is 15.3 Å². The number of fused-ring (bicyclic) bond motifs is 1. The minimum absolute atomic E-state index is 0.217. The Balaban J connectivity index is 1.86. The van der Waals surface area contributed by atoms with E-state index in [4.69, 9.17) is 9.47 Å². The van der Waals surface area contributed by atoms with Crippen molar-refractivity contribution in [3.05, 3.63) is 76.3 Å². The van der Waals surface area contributed by atoms with Gasteiger partial charge in [-0.15, -0.1) is 0 Å². The van der Waals surface area contributed by atoms with Gasteiger partial charge in [0.2, 0.25) is 5.95 Å². The molecule has 0 bridgehead atoms. The van der Waals surface area contributed by atoms with E-state index in [0.29, 0.717) is 41.7 Å². The first-order chi connectivity index (χ1) is 16.0. The summed E-state index contributed by atoms with van der Waals surface area (Å²) < 4.78 is 41.6. The molecule has 2 heterocycles. The average Bonchev–Trinajstić information content (AvgIpc) is 3.09. The minimum atomic E-state index is -0.735. The van der Waals surface area contributed by atoms with Gasteiger partial charge in [-0.05, 0) is 30.7 Å². The first-order valence-corrected chi connectivity index (χ1v) is 10.3. The molecule has 2 aromatic carbocycles. The maximum atomic E-state index is 14.3. The Morgan fingerprint density at radius 3 is 2.58 bits per heavy atom. The number of imidazole rings is 1. The Morgan fingerprint density at radius 1 is 1.09 bits per heavy atom. The fraction of sp³-hybridized carbons (Fsp3) is 0.261. The van der Waals surface area contributed by atoms with Crippen LogP contribution in [-0.2, 0) is 11.3 Å². The zero-order valence-electron chi connectivity index (χ0n) is 18.2. The molecule has 0 saturated heterocycles. The van der Waals surface area contributed by atoms with Crippen LogP contribution in [-0.4, -0.2) is 46.5 Å². The van der Waals surface area contributed by atoms with E-state index >= 15 is 0 Å². The summed E-state index contributed by atoms with van der Waals surface area (Å²) in [5.74, 6) is -0.597. The van der Waals surface area contributed by atoms with Gasteiger partial charge in [0, 0.05) is 31.9 Å². The fourth-order valence-electron chi connectivity index (χ4n) is 3.51. The number of methoxy groups -OCH3 is 2. The molecule has 4 rings (SSSR count). The van der Waals surface area contributed by atoms with Crippen molar-refractivity contribution in [3.8, 4) is 11.4 Å². The van der Waals surface area contributed by atoms with E-state index in [1.165, 1.54) is 28.5 Å². The number of rotatable bonds is 9. The Hall–Kier alpha value is -3.79. The lowest BCUT2D eigenvalue weighted by Gasteiger charge is -2.07. The van der Waals surface area contributed by atoms with E-state index in [1.54, 1.807) is 31.4 Å². The van der Waals surface area contributed by atoms with E-state index in [1.807, 2.05) is 0 Å². The predicted molar refractivity (Wildman–Crippen MR) is 120 cm³/mol. The van der Waals surface area contributed by atoms with Crippen molar-refractivity contribution < 1.29 is 18.3 Å². The van der Waals surface area contributed by atoms with Gasteiger partial charge in [0.15, 0.2) is 5.65 Å².